The predicted molar refractivity (Wildman–Crippen MR) is 92.6 cm³/mol. The summed E-state index contributed by atoms with van der Waals surface area (Å²) < 4.78 is 11.1. The van der Waals surface area contributed by atoms with E-state index in [2.05, 4.69) is 15.0 Å². The van der Waals surface area contributed by atoms with Crippen molar-refractivity contribution in [1.29, 1.82) is 0 Å². The van der Waals surface area contributed by atoms with Crippen LogP contribution in [0.5, 0.6) is 5.75 Å². The molecule has 3 aromatic rings. The molecule has 7 nitrogen and oxygen atoms in total. The van der Waals surface area contributed by atoms with Crippen LogP contribution in [0.25, 0.3) is 0 Å². The third-order valence-electron chi connectivity index (χ3n) is 4.54. The van der Waals surface area contributed by atoms with Crippen LogP contribution in [0.15, 0.2) is 65.9 Å². The standard InChI is InChI=1S/C19H18N4O3/c24-19(18-9-21-13-26-18)23-10-14(12-25-15-4-3-6-20-8-15)16(11-23)17-5-1-2-7-22-17/h1-9,13-14,16H,10-12H2/t14-,16+/m0/s1. The quantitative estimate of drug-likeness (QED) is 0.703. The van der Waals surface area contributed by atoms with Crippen molar-refractivity contribution < 1.29 is 13.9 Å². The number of likely N-dealkylation sites (tertiary alicyclic amines) is 1. The van der Waals surface area contributed by atoms with Crippen molar-refractivity contribution in [2.75, 3.05) is 19.7 Å². The maximum Gasteiger partial charge on any atom is 0.291 e. The Labute approximate surface area is 150 Å². The van der Waals surface area contributed by atoms with Gasteiger partial charge in [-0.25, -0.2) is 4.98 Å². The topological polar surface area (TPSA) is 81.4 Å². The van der Waals surface area contributed by atoms with E-state index < -0.39 is 0 Å². The summed E-state index contributed by atoms with van der Waals surface area (Å²) >= 11 is 0. The van der Waals surface area contributed by atoms with Gasteiger partial charge in [0.1, 0.15) is 5.75 Å². The highest BCUT2D eigenvalue weighted by molar-refractivity contribution is 5.91. The van der Waals surface area contributed by atoms with Gasteiger partial charge in [-0.1, -0.05) is 6.07 Å². The summed E-state index contributed by atoms with van der Waals surface area (Å²) in [6, 6.07) is 9.54. The summed E-state index contributed by atoms with van der Waals surface area (Å²) in [4.78, 5) is 26.8. The molecule has 2 atom stereocenters. The van der Waals surface area contributed by atoms with E-state index in [9.17, 15) is 4.79 Å². The van der Waals surface area contributed by atoms with E-state index in [0.717, 1.165) is 5.69 Å². The Morgan fingerprint density at radius 1 is 1.15 bits per heavy atom. The van der Waals surface area contributed by atoms with E-state index in [4.69, 9.17) is 9.15 Å². The van der Waals surface area contributed by atoms with Crippen molar-refractivity contribution in [2.24, 2.45) is 5.92 Å². The lowest BCUT2D eigenvalue weighted by atomic mass is 9.93. The lowest BCUT2D eigenvalue weighted by Gasteiger charge is -2.17. The molecule has 26 heavy (non-hydrogen) atoms. The minimum absolute atomic E-state index is 0.0970. The second kappa shape index (κ2) is 7.35. The lowest BCUT2D eigenvalue weighted by molar-refractivity contribution is 0.0750. The first-order chi connectivity index (χ1) is 12.8. The molecule has 0 bridgehead atoms. The van der Waals surface area contributed by atoms with Gasteiger partial charge < -0.3 is 14.1 Å². The van der Waals surface area contributed by atoms with Crippen molar-refractivity contribution in [3.63, 3.8) is 0 Å². The number of ether oxygens (including phenoxy) is 1. The van der Waals surface area contributed by atoms with Crippen molar-refractivity contribution in [2.45, 2.75) is 5.92 Å². The molecule has 3 aromatic heterocycles. The highest BCUT2D eigenvalue weighted by Crippen LogP contribution is 2.33. The Morgan fingerprint density at radius 3 is 2.85 bits per heavy atom. The van der Waals surface area contributed by atoms with Crippen LogP contribution in [-0.4, -0.2) is 45.5 Å². The SMILES string of the molecule is O=C(c1cnco1)N1C[C@@H](COc2cccnc2)[C@H](c2ccccn2)C1. The lowest BCUT2D eigenvalue weighted by Crippen LogP contribution is -2.29. The minimum Gasteiger partial charge on any atom is -0.492 e. The Hall–Kier alpha value is -3.22. The number of hydrogen-bond acceptors (Lipinski definition) is 6. The molecule has 1 aliphatic rings. The van der Waals surface area contributed by atoms with Crippen molar-refractivity contribution in [3.8, 4) is 5.75 Å². The number of pyridine rings is 2. The van der Waals surface area contributed by atoms with Gasteiger partial charge in [0.15, 0.2) is 6.39 Å². The van der Waals surface area contributed by atoms with Gasteiger partial charge in [-0.3, -0.25) is 14.8 Å². The molecule has 132 valence electrons. The van der Waals surface area contributed by atoms with Gasteiger partial charge in [-0.05, 0) is 24.3 Å². The molecule has 1 saturated heterocycles. The maximum absolute atomic E-state index is 12.6. The Kier molecular flexibility index (Phi) is 4.59. The van der Waals surface area contributed by atoms with Crippen LogP contribution in [-0.2, 0) is 0 Å². The van der Waals surface area contributed by atoms with E-state index in [0.29, 0.717) is 25.4 Å². The second-order valence-electron chi connectivity index (χ2n) is 6.20. The van der Waals surface area contributed by atoms with Crippen molar-refractivity contribution in [3.05, 3.63) is 73.0 Å². The summed E-state index contributed by atoms with van der Waals surface area (Å²) in [7, 11) is 0. The summed E-state index contributed by atoms with van der Waals surface area (Å²) in [5, 5.41) is 0. The molecule has 0 N–H and O–H groups in total. The smallest absolute Gasteiger partial charge is 0.291 e. The average Bonchev–Trinajstić information content (AvgIpc) is 3.37. The number of carbonyl (C=O) groups is 1. The van der Waals surface area contributed by atoms with Crippen LogP contribution >= 0.6 is 0 Å². The zero-order valence-corrected chi connectivity index (χ0v) is 14.1. The third-order valence-corrected chi connectivity index (χ3v) is 4.54. The Balaban J connectivity index is 1.52. The van der Waals surface area contributed by atoms with Crippen LogP contribution < -0.4 is 4.74 Å². The summed E-state index contributed by atoms with van der Waals surface area (Å²) in [6.07, 6.45) is 7.87. The zero-order valence-electron chi connectivity index (χ0n) is 14.1. The summed E-state index contributed by atoms with van der Waals surface area (Å²) in [6.45, 7) is 1.62. The van der Waals surface area contributed by atoms with Crippen LogP contribution in [0.1, 0.15) is 22.2 Å². The molecule has 0 unspecified atom stereocenters. The first kappa shape index (κ1) is 16.3. The molecular weight excluding hydrogens is 332 g/mol. The molecule has 0 aliphatic carbocycles. The number of rotatable bonds is 5. The molecule has 4 heterocycles. The fourth-order valence-corrected chi connectivity index (χ4v) is 3.25. The minimum atomic E-state index is -0.160. The molecule has 0 saturated carbocycles. The van der Waals surface area contributed by atoms with Gasteiger partial charge in [-0.2, -0.15) is 0 Å². The van der Waals surface area contributed by atoms with Gasteiger partial charge in [0.25, 0.3) is 5.91 Å². The van der Waals surface area contributed by atoms with Gasteiger partial charge >= 0.3 is 0 Å². The molecule has 1 fully saturated rings. The number of nitrogens with zero attached hydrogens (tertiary/aromatic N) is 4. The first-order valence-corrected chi connectivity index (χ1v) is 8.43. The normalized spacial score (nSPS) is 19.5. The number of aromatic nitrogens is 3. The fourth-order valence-electron chi connectivity index (χ4n) is 3.25. The summed E-state index contributed by atoms with van der Waals surface area (Å²) in [5.74, 6) is 1.02. The van der Waals surface area contributed by atoms with Gasteiger partial charge in [0, 0.05) is 43.0 Å². The fraction of sp³-hybridized carbons (Fsp3) is 0.263. The van der Waals surface area contributed by atoms with E-state index in [-0.39, 0.29) is 23.5 Å². The van der Waals surface area contributed by atoms with E-state index in [1.54, 1.807) is 23.5 Å². The highest BCUT2D eigenvalue weighted by atomic mass is 16.5. The molecule has 0 radical (unpaired) electrons. The van der Waals surface area contributed by atoms with E-state index >= 15 is 0 Å². The molecule has 7 heteroatoms. The monoisotopic (exact) mass is 350 g/mol. The Bertz CT molecular complexity index is 840. The molecule has 0 aromatic carbocycles. The molecular formula is C19H18N4O3. The van der Waals surface area contributed by atoms with Crippen LogP contribution in [0.3, 0.4) is 0 Å². The van der Waals surface area contributed by atoms with Crippen LogP contribution in [0.4, 0.5) is 0 Å². The van der Waals surface area contributed by atoms with Crippen molar-refractivity contribution in [1.82, 2.24) is 19.9 Å². The number of hydrogen-bond donors (Lipinski definition) is 0. The van der Waals surface area contributed by atoms with E-state index in [1.807, 2.05) is 30.3 Å². The third kappa shape index (κ3) is 3.42. The highest BCUT2D eigenvalue weighted by Gasteiger charge is 2.38. The summed E-state index contributed by atoms with van der Waals surface area (Å²) in [5.41, 5.74) is 0.958. The van der Waals surface area contributed by atoms with Gasteiger partial charge in [0.2, 0.25) is 5.76 Å². The molecule has 0 spiro atoms. The van der Waals surface area contributed by atoms with Crippen LogP contribution in [0.2, 0.25) is 0 Å². The van der Waals surface area contributed by atoms with Crippen LogP contribution in [0, 0.1) is 5.92 Å². The number of carbonyl (C=O) groups excluding carboxylic acids is 1. The Morgan fingerprint density at radius 2 is 2.12 bits per heavy atom. The first-order valence-electron chi connectivity index (χ1n) is 8.43. The average molecular weight is 350 g/mol. The maximum atomic E-state index is 12.6. The second-order valence-corrected chi connectivity index (χ2v) is 6.20. The van der Waals surface area contributed by atoms with Crippen molar-refractivity contribution >= 4 is 5.91 Å². The molecule has 1 amide bonds. The predicted octanol–water partition coefficient (Wildman–Crippen LogP) is 2.40. The van der Waals surface area contributed by atoms with Gasteiger partial charge in [-0.15, -0.1) is 0 Å². The molecule has 4 rings (SSSR count). The van der Waals surface area contributed by atoms with E-state index in [1.165, 1.54) is 12.6 Å². The largest absolute Gasteiger partial charge is 0.492 e. The van der Waals surface area contributed by atoms with Gasteiger partial charge in [0.05, 0.1) is 19.0 Å². The zero-order chi connectivity index (χ0) is 17.8. The number of amides is 1. The number of oxazole rings is 1. The molecule has 1 aliphatic heterocycles.